The van der Waals surface area contributed by atoms with Crippen molar-refractivity contribution in [1.82, 2.24) is 15.1 Å². The molecule has 4 rings (SSSR count). The van der Waals surface area contributed by atoms with Crippen LogP contribution in [0.5, 0.6) is 0 Å². The lowest BCUT2D eigenvalue weighted by Gasteiger charge is -2.22. The number of hydrogen-bond acceptors (Lipinski definition) is 4. The quantitative estimate of drug-likeness (QED) is 0.816. The van der Waals surface area contributed by atoms with Crippen LogP contribution < -0.4 is 5.32 Å². The topological polar surface area (TPSA) is 65.4 Å². The largest absolute Gasteiger partial charge is 0.376 e. The summed E-state index contributed by atoms with van der Waals surface area (Å²) in [6, 6.07) is 7.58. The summed E-state index contributed by atoms with van der Waals surface area (Å²) in [6.45, 7) is 2.13. The zero-order chi connectivity index (χ0) is 18.6. The van der Waals surface area contributed by atoms with Crippen molar-refractivity contribution in [3.63, 3.8) is 0 Å². The van der Waals surface area contributed by atoms with E-state index >= 15 is 0 Å². The number of fused-ring (bicyclic) bond motifs is 1. The minimum absolute atomic E-state index is 0.0975. The normalized spacial score (nSPS) is 20.0. The van der Waals surface area contributed by atoms with Crippen LogP contribution in [-0.2, 0) is 22.3 Å². The highest BCUT2D eigenvalue weighted by molar-refractivity contribution is 6.30. The van der Waals surface area contributed by atoms with E-state index in [9.17, 15) is 4.79 Å². The predicted octanol–water partition coefficient (Wildman–Crippen LogP) is 2.94. The second-order valence-electron chi connectivity index (χ2n) is 7.00. The van der Waals surface area contributed by atoms with Crippen LogP contribution in [0.2, 0.25) is 5.02 Å². The van der Waals surface area contributed by atoms with Crippen molar-refractivity contribution in [2.45, 2.75) is 38.2 Å². The van der Waals surface area contributed by atoms with Gasteiger partial charge in [0.05, 0.1) is 31.6 Å². The van der Waals surface area contributed by atoms with Crippen LogP contribution in [0.3, 0.4) is 0 Å². The highest BCUT2D eigenvalue weighted by Crippen LogP contribution is 2.27. The van der Waals surface area contributed by atoms with Gasteiger partial charge in [0.25, 0.3) is 5.91 Å². The fourth-order valence-electron chi connectivity index (χ4n) is 3.70. The van der Waals surface area contributed by atoms with Crippen LogP contribution in [0.4, 0.5) is 0 Å². The van der Waals surface area contributed by atoms with Gasteiger partial charge >= 0.3 is 0 Å². The fourth-order valence-corrected chi connectivity index (χ4v) is 3.82. The van der Waals surface area contributed by atoms with Crippen molar-refractivity contribution in [2.75, 3.05) is 26.4 Å². The number of hydrogen-bond donors (Lipinski definition) is 1. The van der Waals surface area contributed by atoms with E-state index in [4.69, 9.17) is 21.1 Å². The lowest BCUT2D eigenvalue weighted by molar-refractivity contribution is -0.0855. The monoisotopic (exact) mass is 389 g/mol. The lowest BCUT2D eigenvalue weighted by Crippen LogP contribution is -2.40. The van der Waals surface area contributed by atoms with E-state index in [0.29, 0.717) is 37.1 Å². The first-order chi connectivity index (χ1) is 13.2. The number of carbonyl (C=O) groups excluding carboxylic acids is 1. The summed E-state index contributed by atoms with van der Waals surface area (Å²) < 4.78 is 12.9. The zero-order valence-electron chi connectivity index (χ0n) is 15.2. The van der Waals surface area contributed by atoms with E-state index in [1.807, 2.05) is 28.9 Å². The van der Waals surface area contributed by atoms with Crippen LogP contribution in [0.15, 0.2) is 24.3 Å². The number of rotatable bonds is 4. The molecule has 1 aliphatic carbocycles. The number of aromatic nitrogens is 2. The van der Waals surface area contributed by atoms with Crippen molar-refractivity contribution in [3.05, 3.63) is 46.2 Å². The Morgan fingerprint density at radius 1 is 1.19 bits per heavy atom. The van der Waals surface area contributed by atoms with Gasteiger partial charge in [-0.05, 0) is 49.9 Å². The summed E-state index contributed by atoms with van der Waals surface area (Å²) in [5, 5.41) is 8.34. The van der Waals surface area contributed by atoms with Crippen molar-refractivity contribution < 1.29 is 14.3 Å². The number of nitrogens with one attached hydrogen (secondary N) is 1. The number of benzene rings is 1. The summed E-state index contributed by atoms with van der Waals surface area (Å²) >= 11 is 6.02. The third kappa shape index (κ3) is 4.18. The molecule has 1 saturated heterocycles. The Hall–Kier alpha value is -1.89. The number of halogens is 1. The van der Waals surface area contributed by atoms with Crippen LogP contribution >= 0.6 is 11.6 Å². The van der Waals surface area contributed by atoms with Crippen LogP contribution in [0, 0.1) is 0 Å². The summed E-state index contributed by atoms with van der Waals surface area (Å²) in [5.74, 6) is -0.143. The third-order valence-corrected chi connectivity index (χ3v) is 5.34. The van der Waals surface area contributed by atoms with Gasteiger partial charge < -0.3 is 14.8 Å². The smallest absolute Gasteiger partial charge is 0.272 e. The minimum atomic E-state index is -0.143. The second kappa shape index (κ2) is 8.42. The maximum atomic E-state index is 12.9. The highest BCUT2D eigenvalue weighted by Gasteiger charge is 2.25. The molecule has 1 atom stereocenters. The summed E-state index contributed by atoms with van der Waals surface area (Å²) in [5.41, 5.74) is 3.66. The van der Waals surface area contributed by atoms with E-state index in [1.54, 1.807) is 0 Å². The summed E-state index contributed by atoms with van der Waals surface area (Å²) in [7, 11) is 0. The van der Waals surface area contributed by atoms with Gasteiger partial charge in [0, 0.05) is 22.8 Å². The van der Waals surface area contributed by atoms with Crippen molar-refractivity contribution in [1.29, 1.82) is 0 Å². The van der Waals surface area contributed by atoms with E-state index < -0.39 is 0 Å². The molecular weight excluding hydrogens is 366 g/mol. The molecular formula is C20H24ClN3O3. The van der Waals surface area contributed by atoms with Gasteiger partial charge in [-0.15, -0.1) is 0 Å². The molecule has 6 nitrogen and oxygen atoms in total. The molecule has 1 aromatic heterocycles. The van der Waals surface area contributed by atoms with Crippen molar-refractivity contribution in [3.8, 4) is 5.69 Å². The Kier molecular flexibility index (Phi) is 5.76. The van der Waals surface area contributed by atoms with Crippen LogP contribution in [0.1, 0.15) is 41.0 Å². The first-order valence-electron chi connectivity index (χ1n) is 9.56. The average molecular weight is 390 g/mol. The molecule has 1 N–H and O–H groups in total. The first kappa shape index (κ1) is 18.5. The standard InChI is InChI=1S/C20H24ClN3O3/c21-14-6-8-15(9-7-14)24-18-5-3-1-2-4-17(18)19(23-24)20(25)22-12-16-13-26-10-11-27-16/h6-9,16H,1-5,10-13H2,(H,22,25)/t16-/m0/s1. The Balaban J connectivity index is 1.59. The summed E-state index contributed by atoms with van der Waals surface area (Å²) in [4.78, 5) is 12.9. The van der Waals surface area contributed by atoms with E-state index in [0.717, 1.165) is 42.6 Å². The Morgan fingerprint density at radius 2 is 2.00 bits per heavy atom. The molecule has 27 heavy (non-hydrogen) atoms. The molecule has 2 heterocycles. The van der Waals surface area contributed by atoms with E-state index in [-0.39, 0.29) is 12.0 Å². The van der Waals surface area contributed by atoms with Crippen molar-refractivity contribution in [2.24, 2.45) is 0 Å². The lowest BCUT2D eigenvalue weighted by atomic mass is 10.1. The van der Waals surface area contributed by atoms with Gasteiger partial charge in [-0.25, -0.2) is 4.68 Å². The van der Waals surface area contributed by atoms with E-state index in [1.165, 1.54) is 6.42 Å². The molecule has 1 aromatic carbocycles. The molecule has 1 aliphatic heterocycles. The Labute approximate surface area is 163 Å². The van der Waals surface area contributed by atoms with Crippen LogP contribution in [0.25, 0.3) is 5.69 Å². The molecule has 0 radical (unpaired) electrons. The highest BCUT2D eigenvalue weighted by atomic mass is 35.5. The average Bonchev–Trinajstić information content (AvgIpc) is 2.89. The van der Waals surface area contributed by atoms with E-state index in [2.05, 4.69) is 10.4 Å². The fraction of sp³-hybridized carbons (Fsp3) is 0.500. The molecule has 0 spiro atoms. The predicted molar refractivity (Wildman–Crippen MR) is 103 cm³/mol. The molecule has 7 heteroatoms. The number of ether oxygens (including phenoxy) is 2. The molecule has 0 unspecified atom stereocenters. The molecule has 1 fully saturated rings. The first-order valence-corrected chi connectivity index (χ1v) is 9.94. The van der Waals surface area contributed by atoms with Gasteiger partial charge in [-0.3, -0.25) is 4.79 Å². The Bertz CT molecular complexity index is 798. The zero-order valence-corrected chi connectivity index (χ0v) is 16.0. The third-order valence-electron chi connectivity index (χ3n) is 5.09. The molecule has 1 amide bonds. The molecule has 2 aromatic rings. The number of nitrogens with zero attached hydrogens (tertiary/aromatic N) is 2. The van der Waals surface area contributed by atoms with Gasteiger partial charge in [-0.2, -0.15) is 5.10 Å². The molecule has 0 bridgehead atoms. The second-order valence-corrected chi connectivity index (χ2v) is 7.44. The van der Waals surface area contributed by atoms with Gasteiger partial charge in [0.2, 0.25) is 0 Å². The number of carbonyl (C=O) groups is 1. The minimum Gasteiger partial charge on any atom is -0.376 e. The van der Waals surface area contributed by atoms with Crippen LogP contribution in [-0.4, -0.2) is 48.2 Å². The van der Waals surface area contributed by atoms with Crippen molar-refractivity contribution >= 4 is 17.5 Å². The van der Waals surface area contributed by atoms with Gasteiger partial charge in [-0.1, -0.05) is 18.0 Å². The molecule has 2 aliphatic rings. The Morgan fingerprint density at radius 3 is 2.78 bits per heavy atom. The number of amides is 1. The van der Waals surface area contributed by atoms with Gasteiger partial charge in [0.15, 0.2) is 5.69 Å². The maximum Gasteiger partial charge on any atom is 0.272 e. The SMILES string of the molecule is O=C(NC[C@H]1COCCO1)c1nn(-c2ccc(Cl)cc2)c2c1CCCCC2. The maximum absolute atomic E-state index is 12.9. The molecule has 0 saturated carbocycles. The summed E-state index contributed by atoms with van der Waals surface area (Å²) in [6.07, 6.45) is 5.08. The molecule has 144 valence electrons. The van der Waals surface area contributed by atoms with Gasteiger partial charge in [0.1, 0.15) is 0 Å².